The highest BCUT2D eigenvalue weighted by Crippen LogP contribution is 2.28. The highest BCUT2D eigenvalue weighted by molar-refractivity contribution is 7.92. The fourth-order valence-corrected chi connectivity index (χ4v) is 5.52. The Balaban J connectivity index is 2.12. The van der Waals surface area contributed by atoms with Crippen molar-refractivity contribution < 1.29 is 22.9 Å². The van der Waals surface area contributed by atoms with Crippen molar-refractivity contribution in [2.45, 2.75) is 38.9 Å². The molecule has 10 nitrogen and oxygen atoms in total. The number of sulfonamides is 1. The van der Waals surface area contributed by atoms with Crippen LogP contribution in [0.25, 0.3) is 0 Å². The second-order valence-corrected chi connectivity index (χ2v) is 12.4. The normalized spacial score (nSPS) is 12.0. The lowest BCUT2D eigenvalue weighted by atomic mass is 10.0. The van der Waals surface area contributed by atoms with E-state index in [0.717, 1.165) is 22.2 Å². The number of halogens is 2. The lowest BCUT2D eigenvalue weighted by Crippen LogP contribution is -2.54. The number of carbonyl (C=O) groups is 2. The summed E-state index contributed by atoms with van der Waals surface area (Å²) in [5, 5.41) is 14.7. The lowest BCUT2D eigenvalue weighted by molar-refractivity contribution is -0.384. The third-order valence-corrected chi connectivity index (χ3v) is 7.95. The van der Waals surface area contributed by atoms with Crippen LogP contribution in [0.15, 0.2) is 72.8 Å². The van der Waals surface area contributed by atoms with E-state index in [1.165, 1.54) is 23.1 Å². The van der Waals surface area contributed by atoms with E-state index in [9.17, 15) is 28.1 Å². The van der Waals surface area contributed by atoms with Gasteiger partial charge in [0.1, 0.15) is 12.6 Å². The number of rotatable bonds is 12. The molecule has 0 fully saturated rings. The van der Waals surface area contributed by atoms with Crippen molar-refractivity contribution in [2.24, 2.45) is 0 Å². The summed E-state index contributed by atoms with van der Waals surface area (Å²) in [4.78, 5) is 39.5. The number of hydrogen-bond donors (Lipinski definition) is 1. The maximum Gasteiger partial charge on any atom is 0.271 e. The summed E-state index contributed by atoms with van der Waals surface area (Å²) in [6.45, 7) is 2.62. The van der Waals surface area contributed by atoms with Crippen LogP contribution in [0.2, 0.25) is 10.0 Å². The highest BCUT2D eigenvalue weighted by Gasteiger charge is 2.34. The van der Waals surface area contributed by atoms with Crippen molar-refractivity contribution in [1.82, 2.24) is 10.2 Å². The Morgan fingerprint density at radius 3 is 2.15 bits per heavy atom. The predicted molar refractivity (Wildman–Crippen MR) is 160 cm³/mol. The van der Waals surface area contributed by atoms with Crippen LogP contribution in [0.3, 0.4) is 0 Å². The van der Waals surface area contributed by atoms with Crippen molar-refractivity contribution in [3.63, 3.8) is 0 Å². The number of nitro benzene ring substituents is 1. The number of amides is 2. The van der Waals surface area contributed by atoms with Gasteiger partial charge in [-0.1, -0.05) is 65.7 Å². The SMILES string of the molecule is CC(C)NC(=O)[C@@H](Cc1ccccc1)N(Cc1c(Cl)cccc1Cl)C(=O)CN(c1cccc([N+](=O)[O-])c1)S(C)(=O)=O. The molecule has 13 heteroatoms. The highest BCUT2D eigenvalue weighted by atomic mass is 35.5. The predicted octanol–water partition coefficient (Wildman–Crippen LogP) is 4.83. The van der Waals surface area contributed by atoms with Gasteiger partial charge >= 0.3 is 0 Å². The Bertz CT molecular complexity index is 1500. The zero-order valence-corrected chi connectivity index (χ0v) is 25.0. The Morgan fingerprint density at radius 1 is 0.976 bits per heavy atom. The molecule has 0 unspecified atom stereocenters. The molecular weight excluding hydrogens is 591 g/mol. The molecule has 0 aromatic heterocycles. The second-order valence-electron chi connectivity index (χ2n) is 9.64. The molecule has 0 heterocycles. The second kappa shape index (κ2) is 13.8. The summed E-state index contributed by atoms with van der Waals surface area (Å²) in [7, 11) is -4.09. The molecule has 2 amide bonds. The maximum atomic E-state index is 14.1. The zero-order valence-electron chi connectivity index (χ0n) is 22.7. The van der Waals surface area contributed by atoms with E-state index in [1.54, 1.807) is 44.2 Å². The van der Waals surface area contributed by atoms with Crippen molar-refractivity contribution in [3.05, 3.63) is 104 Å². The van der Waals surface area contributed by atoms with Gasteiger partial charge in [0.15, 0.2) is 0 Å². The summed E-state index contributed by atoms with van der Waals surface area (Å²) in [5.41, 5.74) is 0.720. The Kier molecular flexibility index (Phi) is 10.7. The van der Waals surface area contributed by atoms with E-state index < -0.39 is 39.3 Å². The Morgan fingerprint density at radius 2 is 1.59 bits per heavy atom. The Labute approximate surface area is 249 Å². The molecule has 0 bridgehead atoms. The molecule has 0 aliphatic heterocycles. The molecule has 41 heavy (non-hydrogen) atoms. The molecule has 0 saturated heterocycles. The molecule has 0 saturated carbocycles. The van der Waals surface area contributed by atoms with Gasteiger partial charge in [-0.05, 0) is 37.6 Å². The number of non-ortho nitro benzene ring substituents is 1. The number of anilines is 1. The first kappa shape index (κ1) is 31.9. The fraction of sp³-hybridized carbons (Fsp3) is 0.286. The van der Waals surface area contributed by atoms with E-state index in [4.69, 9.17) is 23.2 Å². The topological polar surface area (TPSA) is 130 Å². The van der Waals surface area contributed by atoms with Gasteiger partial charge in [-0.25, -0.2) is 8.42 Å². The first-order chi connectivity index (χ1) is 19.3. The van der Waals surface area contributed by atoms with Crippen molar-refractivity contribution in [3.8, 4) is 0 Å². The maximum absolute atomic E-state index is 14.1. The zero-order chi connectivity index (χ0) is 30.3. The van der Waals surface area contributed by atoms with Crippen LogP contribution in [0.5, 0.6) is 0 Å². The monoisotopic (exact) mass is 620 g/mol. The quantitative estimate of drug-likeness (QED) is 0.228. The van der Waals surface area contributed by atoms with E-state index in [2.05, 4.69) is 5.32 Å². The number of nitrogens with zero attached hydrogens (tertiary/aromatic N) is 3. The van der Waals surface area contributed by atoms with Crippen LogP contribution in [0.4, 0.5) is 11.4 Å². The van der Waals surface area contributed by atoms with Crippen LogP contribution in [0.1, 0.15) is 25.0 Å². The largest absolute Gasteiger partial charge is 0.352 e. The molecule has 3 rings (SSSR count). The average molecular weight is 622 g/mol. The minimum atomic E-state index is -4.09. The van der Waals surface area contributed by atoms with E-state index in [-0.39, 0.29) is 40.4 Å². The molecule has 1 N–H and O–H groups in total. The van der Waals surface area contributed by atoms with Crippen LogP contribution >= 0.6 is 23.2 Å². The number of nitrogens with one attached hydrogen (secondary N) is 1. The molecule has 0 radical (unpaired) electrons. The molecule has 3 aromatic carbocycles. The number of nitro groups is 1. The Hall–Kier alpha value is -3.67. The number of benzene rings is 3. The van der Waals surface area contributed by atoms with Gasteiger partial charge in [0.2, 0.25) is 21.8 Å². The molecule has 3 aromatic rings. The molecule has 0 aliphatic rings. The van der Waals surface area contributed by atoms with Crippen molar-refractivity contribution in [2.75, 3.05) is 17.1 Å². The number of carbonyl (C=O) groups excluding carboxylic acids is 2. The van der Waals surface area contributed by atoms with E-state index >= 15 is 0 Å². The van der Waals surface area contributed by atoms with Crippen LogP contribution < -0.4 is 9.62 Å². The van der Waals surface area contributed by atoms with Gasteiger partial charge in [0.05, 0.1) is 16.9 Å². The third kappa shape index (κ3) is 8.66. The average Bonchev–Trinajstić information content (AvgIpc) is 2.90. The molecule has 0 aliphatic carbocycles. The van der Waals surface area contributed by atoms with E-state index in [1.807, 2.05) is 18.2 Å². The lowest BCUT2D eigenvalue weighted by Gasteiger charge is -2.34. The van der Waals surface area contributed by atoms with Gasteiger partial charge in [-0.15, -0.1) is 0 Å². The van der Waals surface area contributed by atoms with Crippen LogP contribution in [-0.2, 0) is 32.6 Å². The van der Waals surface area contributed by atoms with Gasteiger partial charge in [-0.3, -0.25) is 24.0 Å². The molecular formula is C28H30Cl2N4O6S. The van der Waals surface area contributed by atoms with Gasteiger partial charge in [0, 0.05) is 46.7 Å². The third-order valence-electron chi connectivity index (χ3n) is 6.10. The minimum Gasteiger partial charge on any atom is -0.352 e. The molecule has 0 spiro atoms. The van der Waals surface area contributed by atoms with Crippen molar-refractivity contribution in [1.29, 1.82) is 0 Å². The van der Waals surface area contributed by atoms with Crippen molar-refractivity contribution >= 4 is 56.4 Å². The first-order valence-electron chi connectivity index (χ1n) is 12.6. The van der Waals surface area contributed by atoms with Gasteiger partial charge < -0.3 is 10.2 Å². The van der Waals surface area contributed by atoms with E-state index in [0.29, 0.717) is 5.56 Å². The summed E-state index contributed by atoms with van der Waals surface area (Å²) in [5.74, 6) is -1.20. The number of hydrogen-bond acceptors (Lipinski definition) is 6. The smallest absolute Gasteiger partial charge is 0.271 e. The first-order valence-corrected chi connectivity index (χ1v) is 15.2. The summed E-state index contributed by atoms with van der Waals surface area (Å²) in [6.07, 6.45) is 1.00. The molecule has 1 atom stereocenters. The van der Waals surface area contributed by atoms with Crippen LogP contribution in [-0.4, -0.2) is 54.9 Å². The van der Waals surface area contributed by atoms with Gasteiger partial charge in [0.25, 0.3) is 5.69 Å². The van der Waals surface area contributed by atoms with Gasteiger partial charge in [-0.2, -0.15) is 0 Å². The van der Waals surface area contributed by atoms with Crippen LogP contribution in [0, 0.1) is 10.1 Å². The molecule has 218 valence electrons. The standard InChI is InChI=1S/C28H30Cl2N4O6S/c1-19(2)31-28(36)26(15-20-9-5-4-6-10-20)32(17-23-24(29)13-8-14-25(23)30)27(35)18-33(41(3,39)40)21-11-7-12-22(16-21)34(37)38/h4-14,16,19,26H,15,17-18H2,1-3H3,(H,31,36)/t26-/m1/s1. The fourth-order valence-electron chi connectivity index (χ4n) is 4.16. The summed E-state index contributed by atoms with van der Waals surface area (Å²) < 4.78 is 26.5. The summed E-state index contributed by atoms with van der Waals surface area (Å²) in [6, 6.07) is 17.5. The minimum absolute atomic E-state index is 0.0722. The summed E-state index contributed by atoms with van der Waals surface area (Å²) >= 11 is 12.9.